The lowest BCUT2D eigenvalue weighted by Crippen LogP contribution is -1.89. The van der Waals surface area contributed by atoms with Crippen molar-refractivity contribution in [3.8, 4) is 0 Å². The van der Waals surface area contributed by atoms with Crippen LogP contribution in [0, 0.1) is 0 Å². The molecule has 0 fully saturated rings. The summed E-state index contributed by atoms with van der Waals surface area (Å²) in [5.41, 5.74) is 0. The van der Waals surface area contributed by atoms with Crippen LogP contribution in [0.2, 0.25) is 0 Å². The minimum Gasteiger partial charge on any atom is -0.368 e. The lowest BCUT2D eigenvalue weighted by atomic mass is 10.4. The highest BCUT2D eigenvalue weighted by atomic mass is 14.8. The Morgan fingerprint density at radius 2 is 1.44 bits per heavy atom. The van der Waals surface area contributed by atoms with Crippen molar-refractivity contribution in [3.63, 3.8) is 0 Å². The number of nitrogens with one attached hydrogen (secondary N) is 1. The Kier molecular flexibility index (Phi) is 6.70. The maximum absolute atomic E-state index is 3.03. The molecule has 0 saturated heterocycles. The number of hydrogen-bond acceptors (Lipinski definition) is 1. The van der Waals surface area contributed by atoms with Gasteiger partial charge in [-0.2, -0.15) is 0 Å². The smallest absolute Gasteiger partial charge is 0.00359 e. The zero-order valence-corrected chi connectivity index (χ0v) is 6.22. The fraction of sp³-hybridized carbons (Fsp3) is 0.500. The second-order valence-corrected chi connectivity index (χ2v) is 1.79. The van der Waals surface area contributed by atoms with Crippen molar-refractivity contribution in [2.45, 2.75) is 26.7 Å². The van der Waals surface area contributed by atoms with E-state index < -0.39 is 0 Å². The Labute approximate surface area is 57.5 Å². The fourth-order valence-corrected chi connectivity index (χ4v) is 0.427. The molecule has 0 unspecified atom stereocenters. The van der Waals surface area contributed by atoms with E-state index in [-0.39, 0.29) is 0 Å². The topological polar surface area (TPSA) is 12.0 Å². The second-order valence-electron chi connectivity index (χ2n) is 1.79. The average molecular weight is 125 g/mol. The maximum Gasteiger partial charge on any atom is -0.00359 e. The Morgan fingerprint density at radius 1 is 1.00 bits per heavy atom. The van der Waals surface area contributed by atoms with Gasteiger partial charge in [-0.05, 0) is 25.2 Å². The first-order valence-corrected chi connectivity index (χ1v) is 3.47. The van der Waals surface area contributed by atoms with E-state index in [1.165, 1.54) is 0 Å². The van der Waals surface area contributed by atoms with Crippen molar-refractivity contribution in [2.75, 3.05) is 0 Å². The molecular weight excluding hydrogens is 110 g/mol. The van der Waals surface area contributed by atoms with Gasteiger partial charge in [0, 0.05) is 0 Å². The Morgan fingerprint density at radius 3 is 1.78 bits per heavy atom. The lowest BCUT2D eigenvalue weighted by molar-refractivity contribution is 1.11. The van der Waals surface area contributed by atoms with Crippen LogP contribution in [0.5, 0.6) is 0 Å². The SMILES string of the molecule is CC/C=C\N/C=C\CC. The van der Waals surface area contributed by atoms with Crippen LogP contribution in [-0.4, -0.2) is 0 Å². The first kappa shape index (κ1) is 8.28. The molecule has 0 aromatic heterocycles. The van der Waals surface area contributed by atoms with Gasteiger partial charge in [-0.1, -0.05) is 26.0 Å². The van der Waals surface area contributed by atoms with Crippen LogP contribution in [-0.2, 0) is 0 Å². The molecule has 0 rings (SSSR count). The van der Waals surface area contributed by atoms with E-state index >= 15 is 0 Å². The van der Waals surface area contributed by atoms with Gasteiger partial charge in [0.15, 0.2) is 0 Å². The number of rotatable bonds is 4. The molecule has 0 radical (unpaired) electrons. The molecule has 0 heterocycles. The predicted octanol–water partition coefficient (Wildman–Crippen LogP) is 2.42. The molecule has 0 aromatic rings. The molecule has 1 heteroatoms. The number of allylic oxidation sites excluding steroid dienone is 2. The fourth-order valence-electron chi connectivity index (χ4n) is 0.427. The molecule has 0 atom stereocenters. The largest absolute Gasteiger partial charge is 0.368 e. The van der Waals surface area contributed by atoms with E-state index in [9.17, 15) is 0 Å². The normalized spacial score (nSPS) is 11.3. The van der Waals surface area contributed by atoms with E-state index in [0.717, 1.165) is 12.8 Å². The molecule has 0 aliphatic carbocycles. The van der Waals surface area contributed by atoms with Crippen LogP contribution in [0.1, 0.15) is 26.7 Å². The maximum atomic E-state index is 3.03. The average Bonchev–Trinajstić information content (AvgIpc) is 1.89. The summed E-state index contributed by atoms with van der Waals surface area (Å²) < 4.78 is 0. The molecule has 9 heavy (non-hydrogen) atoms. The summed E-state index contributed by atoms with van der Waals surface area (Å²) in [6.45, 7) is 4.23. The van der Waals surface area contributed by atoms with Crippen LogP contribution in [0.25, 0.3) is 0 Å². The third kappa shape index (κ3) is 7.28. The molecule has 1 nitrogen and oxygen atoms in total. The summed E-state index contributed by atoms with van der Waals surface area (Å²) in [4.78, 5) is 0. The summed E-state index contributed by atoms with van der Waals surface area (Å²) in [5, 5.41) is 3.03. The van der Waals surface area contributed by atoms with Gasteiger partial charge in [-0.25, -0.2) is 0 Å². The zero-order valence-electron chi connectivity index (χ0n) is 6.22. The Balaban J connectivity index is 3.08. The van der Waals surface area contributed by atoms with Gasteiger partial charge in [0.25, 0.3) is 0 Å². The van der Waals surface area contributed by atoms with Gasteiger partial charge in [0.2, 0.25) is 0 Å². The highest BCUT2D eigenvalue weighted by Gasteiger charge is 1.64. The quantitative estimate of drug-likeness (QED) is 0.608. The van der Waals surface area contributed by atoms with Crippen LogP contribution >= 0.6 is 0 Å². The summed E-state index contributed by atoms with van der Waals surface area (Å²) in [5.74, 6) is 0. The van der Waals surface area contributed by atoms with Crippen molar-refractivity contribution in [1.82, 2.24) is 5.32 Å². The predicted molar refractivity (Wildman–Crippen MR) is 42.0 cm³/mol. The van der Waals surface area contributed by atoms with E-state index in [1.54, 1.807) is 0 Å². The van der Waals surface area contributed by atoms with Crippen molar-refractivity contribution >= 4 is 0 Å². The van der Waals surface area contributed by atoms with E-state index in [4.69, 9.17) is 0 Å². The molecule has 0 amide bonds. The minimum absolute atomic E-state index is 1.09. The van der Waals surface area contributed by atoms with E-state index in [1.807, 2.05) is 12.4 Å². The van der Waals surface area contributed by atoms with E-state index in [0.29, 0.717) is 0 Å². The van der Waals surface area contributed by atoms with Crippen molar-refractivity contribution < 1.29 is 0 Å². The van der Waals surface area contributed by atoms with Gasteiger partial charge >= 0.3 is 0 Å². The summed E-state index contributed by atoms with van der Waals surface area (Å²) in [7, 11) is 0. The van der Waals surface area contributed by atoms with Gasteiger partial charge in [0.05, 0.1) is 0 Å². The first-order valence-electron chi connectivity index (χ1n) is 3.47. The Hall–Kier alpha value is -0.720. The van der Waals surface area contributed by atoms with Crippen molar-refractivity contribution in [2.24, 2.45) is 0 Å². The monoisotopic (exact) mass is 125 g/mol. The third-order valence-corrected chi connectivity index (χ3v) is 0.900. The summed E-state index contributed by atoms with van der Waals surface area (Å²) >= 11 is 0. The molecule has 0 aromatic carbocycles. The third-order valence-electron chi connectivity index (χ3n) is 0.900. The van der Waals surface area contributed by atoms with E-state index in [2.05, 4.69) is 31.3 Å². The molecule has 0 spiro atoms. The zero-order chi connectivity index (χ0) is 6.95. The van der Waals surface area contributed by atoms with Gasteiger partial charge in [-0.3, -0.25) is 0 Å². The van der Waals surface area contributed by atoms with Crippen LogP contribution < -0.4 is 5.32 Å². The number of hydrogen-bond donors (Lipinski definition) is 1. The van der Waals surface area contributed by atoms with Crippen LogP contribution in [0.4, 0.5) is 0 Å². The minimum atomic E-state index is 1.09. The van der Waals surface area contributed by atoms with Gasteiger partial charge < -0.3 is 5.32 Å². The molecule has 1 N–H and O–H groups in total. The second kappa shape index (κ2) is 7.28. The molecule has 0 aliphatic rings. The van der Waals surface area contributed by atoms with Gasteiger partial charge in [-0.15, -0.1) is 0 Å². The molecule has 0 saturated carbocycles. The first-order chi connectivity index (χ1) is 4.41. The lowest BCUT2D eigenvalue weighted by Gasteiger charge is -1.85. The standard InChI is InChI=1S/C8H15N/c1-3-5-7-9-8-6-4-2/h5-9H,3-4H2,1-2H3/b7-5-,8-6-. The summed E-state index contributed by atoms with van der Waals surface area (Å²) in [6.07, 6.45) is 10.2. The van der Waals surface area contributed by atoms with Crippen LogP contribution in [0.3, 0.4) is 0 Å². The highest BCUT2D eigenvalue weighted by Crippen LogP contribution is 1.77. The van der Waals surface area contributed by atoms with Gasteiger partial charge in [0.1, 0.15) is 0 Å². The van der Waals surface area contributed by atoms with Crippen molar-refractivity contribution in [1.29, 1.82) is 0 Å². The Bertz CT molecular complexity index is 80.7. The molecular formula is C8H15N. The molecule has 0 bridgehead atoms. The van der Waals surface area contributed by atoms with Crippen LogP contribution in [0.15, 0.2) is 24.6 Å². The highest BCUT2D eigenvalue weighted by molar-refractivity contribution is 4.86. The molecule has 52 valence electrons. The van der Waals surface area contributed by atoms with Crippen molar-refractivity contribution in [3.05, 3.63) is 24.6 Å². The summed E-state index contributed by atoms with van der Waals surface area (Å²) in [6, 6.07) is 0. The molecule has 0 aliphatic heterocycles.